The number of benzene rings is 1. The van der Waals surface area contributed by atoms with E-state index in [-0.39, 0.29) is 24.6 Å². The lowest BCUT2D eigenvalue weighted by Crippen LogP contribution is -2.59. The standard InChI is InChI=1S/C16H25N3O3S.ClH/c1-23(20,21)19(11-14-5-3-2-4-6-14)8-7-18-12-15-9-17-10-16(13-18)22-15;/h2-6,15-17H,7-13H2,1H3;1H. The second-order valence-electron chi connectivity index (χ2n) is 6.38. The molecule has 0 spiro atoms. The van der Waals surface area contributed by atoms with Gasteiger partial charge in [0.15, 0.2) is 0 Å². The van der Waals surface area contributed by atoms with E-state index >= 15 is 0 Å². The summed E-state index contributed by atoms with van der Waals surface area (Å²) in [5, 5.41) is 3.37. The molecule has 2 heterocycles. The number of fused-ring (bicyclic) bond motifs is 2. The van der Waals surface area contributed by atoms with Gasteiger partial charge in [0.1, 0.15) is 0 Å². The summed E-state index contributed by atoms with van der Waals surface area (Å²) in [4.78, 5) is 2.32. The first-order valence-electron chi connectivity index (χ1n) is 8.08. The van der Waals surface area contributed by atoms with Crippen molar-refractivity contribution in [1.82, 2.24) is 14.5 Å². The van der Waals surface area contributed by atoms with Crippen LogP contribution in [0.1, 0.15) is 5.56 Å². The number of rotatable bonds is 6. The topological polar surface area (TPSA) is 61.9 Å². The number of ether oxygens (including phenoxy) is 1. The van der Waals surface area contributed by atoms with E-state index in [4.69, 9.17) is 4.74 Å². The van der Waals surface area contributed by atoms with Crippen molar-refractivity contribution >= 4 is 22.4 Å². The van der Waals surface area contributed by atoms with Crippen LogP contribution in [0.3, 0.4) is 0 Å². The Hall–Kier alpha value is -0.700. The minimum atomic E-state index is -3.22. The Labute approximate surface area is 150 Å². The molecule has 1 aromatic carbocycles. The molecule has 136 valence electrons. The van der Waals surface area contributed by atoms with Gasteiger partial charge in [0.25, 0.3) is 0 Å². The third-order valence-electron chi connectivity index (χ3n) is 4.39. The fourth-order valence-corrected chi connectivity index (χ4v) is 4.02. The Morgan fingerprint density at radius 2 is 1.83 bits per heavy atom. The fourth-order valence-electron chi connectivity index (χ4n) is 3.22. The van der Waals surface area contributed by atoms with Crippen LogP contribution < -0.4 is 5.32 Å². The van der Waals surface area contributed by atoms with Gasteiger partial charge in [-0.15, -0.1) is 12.4 Å². The molecule has 1 aromatic rings. The van der Waals surface area contributed by atoms with Gasteiger partial charge in [-0.2, -0.15) is 4.31 Å². The van der Waals surface area contributed by atoms with Crippen LogP contribution in [-0.2, 0) is 21.3 Å². The maximum atomic E-state index is 12.1. The van der Waals surface area contributed by atoms with E-state index in [1.54, 1.807) is 4.31 Å². The van der Waals surface area contributed by atoms with Crippen LogP contribution in [0.2, 0.25) is 0 Å². The molecule has 2 saturated heterocycles. The first kappa shape index (κ1) is 19.6. The van der Waals surface area contributed by atoms with Crippen molar-refractivity contribution in [3.05, 3.63) is 35.9 Å². The number of hydrogen-bond donors (Lipinski definition) is 1. The SMILES string of the molecule is CS(=O)(=O)N(CCN1CC2CNCC(C1)O2)Cc1ccccc1.Cl. The first-order valence-corrected chi connectivity index (χ1v) is 9.93. The van der Waals surface area contributed by atoms with Crippen LogP contribution in [-0.4, -0.2) is 75.4 Å². The Balaban J connectivity index is 0.00000208. The molecule has 2 bridgehead atoms. The van der Waals surface area contributed by atoms with Gasteiger partial charge in [-0.25, -0.2) is 8.42 Å². The van der Waals surface area contributed by atoms with Crippen LogP contribution in [0, 0.1) is 0 Å². The molecule has 0 saturated carbocycles. The Kier molecular flexibility index (Phi) is 7.03. The normalized spacial score (nSPS) is 24.6. The lowest BCUT2D eigenvalue weighted by atomic mass is 10.1. The van der Waals surface area contributed by atoms with E-state index in [0.717, 1.165) is 38.3 Å². The minimum Gasteiger partial charge on any atom is -0.370 e. The summed E-state index contributed by atoms with van der Waals surface area (Å²) >= 11 is 0. The van der Waals surface area contributed by atoms with Crippen molar-refractivity contribution in [3.63, 3.8) is 0 Å². The van der Waals surface area contributed by atoms with Crippen LogP contribution in [0.4, 0.5) is 0 Å². The molecular formula is C16H26ClN3O3S. The molecule has 24 heavy (non-hydrogen) atoms. The fraction of sp³-hybridized carbons (Fsp3) is 0.625. The van der Waals surface area contributed by atoms with Gasteiger partial charge in [0.2, 0.25) is 10.0 Å². The monoisotopic (exact) mass is 375 g/mol. The maximum Gasteiger partial charge on any atom is 0.211 e. The summed E-state index contributed by atoms with van der Waals surface area (Å²) in [5.74, 6) is 0. The van der Waals surface area contributed by atoms with E-state index in [2.05, 4.69) is 10.2 Å². The molecule has 2 atom stereocenters. The van der Waals surface area contributed by atoms with Gasteiger partial charge in [-0.1, -0.05) is 30.3 Å². The number of sulfonamides is 1. The Bertz CT molecular complexity index is 602. The van der Waals surface area contributed by atoms with Crippen molar-refractivity contribution in [2.45, 2.75) is 18.8 Å². The second kappa shape index (κ2) is 8.60. The van der Waals surface area contributed by atoms with Gasteiger partial charge in [-0.3, -0.25) is 4.90 Å². The summed E-state index contributed by atoms with van der Waals surface area (Å²) in [6.07, 6.45) is 1.74. The van der Waals surface area contributed by atoms with Crippen molar-refractivity contribution in [2.75, 3.05) is 45.5 Å². The molecular weight excluding hydrogens is 350 g/mol. The lowest BCUT2D eigenvalue weighted by Gasteiger charge is -2.42. The largest absolute Gasteiger partial charge is 0.370 e. The molecule has 2 fully saturated rings. The summed E-state index contributed by atoms with van der Waals surface area (Å²) in [5.41, 5.74) is 1.01. The lowest BCUT2D eigenvalue weighted by molar-refractivity contribution is -0.103. The molecule has 1 N–H and O–H groups in total. The number of morpholine rings is 2. The smallest absolute Gasteiger partial charge is 0.211 e. The quantitative estimate of drug-likeness (QED) is 0.786. The van der Waals surface area contributed by atoms with Crippen molar-refractivity contribution in [2.24, 2.45) is 0 Å². The van der Waals surface area contributed by atoms with Crippen LogP contribution >= 0.6 is 12.4 Å². The molecule has 0 amide bonds. The van der Waals surface area contributed by atoms with Gasteiger partial charge >= 0.3 is 0 Å². The van der Waals surface area contributed by atoms with Crippen LogP contribution in [0.5, 0.6) is 0 Å². The van der Waals surface area contributed by atoms with E-state index in [1.807, 2.05) is 30.3 Å². The molecule has 2 unspecified atom stereocenters. The summed E-state index contributed by atoms with van der Waals surface area (Å²) in [7, 11) is -3.22. The van der Waals surface area contributed by atoms with E-state index in [9.17, 15) is 8.42 Å². The van der Waals surface area contributed by atoms with E-state index in [0.29, 0.717) is 13.1 Å². The molecule has 8 heteroatoms. The van der Waals surface area contributed by atoms with Crippen LogP contribution in [0.25, 0.3) is 0 Å². The van der Waals surface area contributed by atoms with E-state index < -0.39 is 10.0 Å². The third kappa shape index (κ3) is 5.40. The molecule has 6 nitrogen and oxygen atoms in total. The van der Waals surface area contributed by atoms with Crippen molar-refractivity contribution in [1.29, 1.82) is 0 Å². The predicted molar refractivity (Wildman–Crippen MR) is 96.9 cm³/mol. The predicted octanol–water partition coefficient (Wildman–Crippen LogP) is 0.543. The zero-order chi connectivity index (χ0) is 16.3. The summed E-state index contributed by atoms with van der Waals surface area (Å²) < 4.78 is 31.6. The highest BCUT2D eigenvalue weighted by atomic mass is 35.5. The average molecular weight is 376 g/mol. The molecule has 0 aromatic heterocycles. The second-order valence-corrected chi connectivity index (χ2v) is 8.36. The molecule has 0 radical (unpaired) electrons. The van der Waals surface area contributed by atoms with Crippen molar-refractivity contribution < 1.29 is 13.2 Å². The summed E-state index contributed by atoms with van der Waals surface area (Å²) in [6.45, 7) is 5.19. The first-order chi connectivity index (χ1) is 11.0. The van der Waals surface area contributed by atoms with Gasteiger partial charge in [0.05, 0.1) is 18.5 Å². The van der Waals surface area contributed by atoms with Gasteiger partial charge < -0.3 is 10.1 Å². The van der Waals surface area contributed by atoms with Crippen molar-refractivity contribution in [3.8, 4) is 0 Å². The average Bonchev–Trinajstić information content (AvgIpc) is 2.51. The number of hydrogen-bond acceptors (Lipinski definition) is 5. The molecule has 2 aliphatic heterocycles. The number of nitrogens with one attached hydrogen (secondary N) is 1. The highest BCUT2D eigenvalue weighted by molar-refractivity contribution is 7.88. The Morgan fingerprint density at radius 1 is 1.21 bits per heavy atom. The summed E-state index contributed by atoms with van der Waals surface area (Å²) in [6, 6.07) is 9.73. The molecule has 3 rings (SSSR count). The van der Waals surface area contributed by atoms with Crippen LogP contribution in [0.15, 0.2) is 30.3 Å². The molecule has 2 aliphatic rings. The minimum absolute atomic E-state index is 0. The number of nitrogens with zero attached hydrogens (tertiary/aromatic N) is 2. The third-order valence-corrected chi connectivity index (χ3v) is 5.64. The molecule has 0 aliphatic carbocycles. The zero-order valence-corrected chi connectivity index (χ0v) is 15.6. The highest BCUT2D eigenvalue weighted by Crippen LogP contribution is 2.15. The van der Waals surface area contributed by atoms with Gasteiger partial charge in [-0.05, 0) is 5.56 Å². The van der Waals surface area contributed by atoms with Gasteiger partial charge in [0, 0.05) is 45.8 Å². The highest BCUT2D eigenvalue weighted by Gasteiger charge is 2.31. The van der Waals surface area contributed by atoms with E-state index in [1.165, 1.54) is 6.26 Å². The number of halogens is 1. The zero-order valence-electron chi connectivity index (χ0n) is 13.9. The Morgan fingerprint density at radius 3 is 2.42 bits per heavy atom. The maximum absolute atomic E-state index is 12.1.